The SMILES string of the molecule is COc1cccc(CN2CCC3(CCN(CC4CCOCC4)C3)C2=O)c1.O=C(O)C(F)(F)F. The average molecular weight is 473 g/mol. The maximum absolute atomic E-state index is 13.2. The molecule has 3 fully saturated rings. The van der Waals surface area contributed by atoms with Gasteiger partial charge in [0, 0.05) is 39.4 Å². The van der Waals surface area contributed by atoms with E-state index in [0.29, 0.717) is 12.5 Å². The molecular weight excluding hydrogens is 441 g/mol. The lowest BCUT2D eigenvalue weighted by molar-refractivity contribution is -0.192. The lowest BCUT2D eigenvalue weighted by Crippen LogP contribution is -2.38. The molecule has 3 aliphatic rings. The molecular formula is C23H31F3N2O5. The Kier molecular flexibility index (Phi) is 8.23. The van der Waals surface area contributed by atoms with E-state index in [-0.39, 0.29) is 5.41 Å². The van der Waals surface area contributed by atoms with Gasteiger partial charge >= 0.3 is 12.1 Å². The summed E-state index contributed by atoms with van der Waals surface area (Å²) in [5, 5.41) is 7.12. The molecule has 1 aromatic rings. The molecule has 4 rings (SSSR count). The summed E-state index contributed by atoms with van der Waals surface area (Å²) < 4.78 is 42.5. The van der Waals surface area contributed by atoms with Crippen molar-refractivity contribution in [3.05, 3.63) is 29.8 Å². The average Bonchev–Trinajstić information content (AvgIpc) is 3.33. The van der Waals surface area contributed by atoms with Crippen LogP contribution in [0, 0.1) is 11.3 Å². The van der Waals surface area contributed by atoms with Crippen LogP contribution in [0.15, 0.2) is 24.3 Å². The van der Waals surface area contributed by atoms with Gasteiger partial charge in [-0.2, -0.15) is 13.2 Å². The fourth-order valence-corrected chi connectivity index (χ4v) is 4.82. The van der Waals surface area contributed by atoms with Crippen molar-refractivity contribution in [2.24, 2.45) is 11.3 Å². The number of benzene rings is 1. The van der Waals surface area contributed by atoms with Crippen molar-refractivity contribution in [1.29, 1.82) is 0 Å². The van der Waals surface area contributed by atoms with E-state index in [1.165, 1.54) is 12.8 Å². The Bertz CT molecular complexity index is 829. The number of amides is 1. The van der Waals surface area contributed by atoms with E-state index >= 15 is 0 Å². The Hall–Kier alpha value is -2.33. The third kappa shape index (κ3) is 6.60. The predicted octanol–water partition coefficient (Wildman–Crippen LogP) is 3.18. The van der Waals surface area contributed by atoms with Gasteiger partial charge in [0.05, 0.1) is 12.5 Å². The van der Waals surface area contributed by atoms with Crippen LogP contribution in [-0.2, 0) is 20.9 Å². The Morgan fingerprint density at radius 2 is 1.91 bits per heavy atom. The minimum atomic E-state index is -5.08. The Morgan fingerprint density at radius 1 is 1.24 bits per heavy atom. The van der Waals surface area contributed by atoms with Gasteiger partial charge in [-0.25, -0.2) is 4.79 Å². The van der Waals surface area contributed by atoms with Crippen molar-refractivity contribution in [1.82, 2.24) is 9.80 Å². The van der Waals surface area contributed by atoms with Crippen LogP contribution in [0.1, 0.15) is 31.2 Å². The number of likely N-dealkylation sites (tertiary alicyclic amines) is 2. The van der Waals surface area contributed by atoms with Gasteiger partial charge in [-0.1, -0.05) is 12.1 Å². The highest BCUT2D eigenvalue weighted by Gasteiger charge is 2.50. The zero-order valence-electron chi connectivity index (χ0n) is 18.8. The molecule has 33 heavy (non-hydrogen) atoms. The Balaban J connectivity index is 0.000000383. The van der Waals surface area contributed by atoms with Crippen molar-refractivity contribution in [2.75, 3.05) is 46.5 Å². The number of carbonyl (C=O) groups excluding carboxylic acids is 1. The van der Waals surface area contributed by atoms with Crippen LogP contribution in [0.3, 0.4) is 0 Å². The molecule has 7 nitrogen and oxygen atoms in total. The van der Waals surface area contributed by atoms with Crippen molar-refractivity contribution in [3.8, 4) is 5.75 Å². The van der Waals surface area contributed by atoms with E-state index in [4.69, 9.17) is 19.4 Å². The second kappa shape index (κ2) is 10.7. The Morgan fingerprint density at radius 3 is 2.55 bits per heavy atom. The van der Waals surface area contributed by atoms with E-state index in [9.17, 15) is 18.0 Å². The summed E-state index contributed by atoms with van der Waals surface area (Å²) in [7, 11) is 1.68. The predicted molar refractivity (Wildman–Crippen MR) is 114 cm³/mol. The number of halogens is 3. The third-order valence-corrected chi connectivity index (χ3v) is 6.64. The van der Waals surface area contributed by atoms with Gasteiger partial charge in [-0.05, 0) is 55.8 Å². The zero-order chi connectivity index (χ0) is 24.1. The van der Waals surface area contributed by atoms with Crippen LogP contribution >= 0.6 is 0 Å². The lowest BCUT2D eigenvalue weighted by atomic mass is 9.85. The van der Waals surface area contributed by atoms with Crippen LogP contribution < -0.4 is 4.74 Å². The molecule has 1 N–H and O–H groups in total. The fraction of sp³-hybridized carbons (Fsp3) is 0.652. The Labute approximate surface area is 191 Å². The first kappa shape index (κ1) is 25.3. The van der Waals surface area contributed by atoms with Gasteiger partial charge in [-0.3, -0.25) is 4.79 Å². The summed E-state index contributed by atoms with van der Waals surface area (Å²) in [5.41, 5.74) is 1.01. The number of carbonyl (C=O) groups is 2. The molecule has 10 heteroatoms. The smallest absolute Gasteiger partial charge is 0.490 e. The minimum Gasteiger partial charge on any atom is -0.497 e. The number of methoxy groups -OCH3 is 1. The third-order valence-electron chi connectivity index (χ3n) is 6.64. The summed E-state index contributed by atoms with van der Waals surface area (Å²) in [6.45, 7) is 6.51. The first-order valence-electron chi connectivity index (χ1n) is 11.2. The molecule has 0 saturated carbocycles. The maximum atomic E-state index is 13.2. The summed E-state index contributed by atoms with van der Waals surface area (Å²) >= 11 is 0. The number of carboxylic acids is 1. The molecule has 1 spiro atoms. The van der Waals surface area contributed by atoms with Crippen LogP contribution in [0.2, 0.25) is 0 Å². The molecule has 1 atom stereocenters. The normalized spacial score (nSPS) is 24.1. The fourth-order valence-electron chi connectivity index (χ4n) is 4.82. The van der Waals surface area contributed by atoms with E-state index in [1.54, 1.807) is 7.11 Å². The number of nitrogens with zero attached hydrogens (tertiary/aromatic N) is 2. The van der Waals surface area contributed by atoms with E-state index < -0.39 is 12.1 Å². The molecule has 1 unspecified atom stereocenters. The highest BCUT2D eigenvalue weighted by Crippen LogP contribution is 2.41. The summed E-state index contributed by atoms with van der Waals surface area (Å²) in [5.74, 6) is -0.807. The van der Waals surface area contributed by atoms with Crippen molar-refractivity contribution < 1.29 is 37.3 Å². The van der Waals surface area contributed by atoms with Crippen LogP contribution in [0.4, 0.5) is 13.2 Å². The van der Waals surface area contributed by atoms with E-state index in [2.05, 4.69) is 11.0 Å². The molecule has 0 aliphatic carbocycles. The summed E-state index contributed by atoms with van der Waals surface area (Å²) in [4.78, 5) is 26.6. The quantitative estimate of drug-likeness (QED) is 0.709. The van der Waals surface area contributed by atoms with E-state index in [0.717, 1.165) is 69.5 Å². The topological polar surface area (TPSA) is 79.3 Å². The second-order valence-electron chi connectivity index (χ2n) is 8.95. The monoisotopic (exact) mass is 472 g/mol. The van der Waals surface area contributed by atoms with Crippen molar-refractivity contribution in [3.63, 3.8) is 0 Å². The van der Waals surface area contributed by atoms with Crippen LogP contribution in [0.5, 0.6) is 5.75 Å². The standard InChI is InChI=1S/C21H30N2O3.C2HF3O2/c1-25-19-4-2-3-18(13-19)15-23-10-8-21(20(23)24)7-9-22(16-21)14-17-5-11-26-12-6-17;3-2(4,5)1(6)7/h2-4,13,17H,5-12,14-16H2,1H3;(H,6,7). The number of hydrogen-bond donors (Lipinski definition) is 1. The molecule has 3 aliphatic heterocycles. The van der Waals surface area contributed by atoms with Gasteiger partial charge < -0.3 is 24.4 Å². The number of carboxylic acid groups (broad SMARTS) is 1. The largest absolute Gasteiger partial charge is 0.497 e. The van der Waals surface area contributed by atoms with Gasteiger partial charge in [0.2, 0.25) is 5.91 Å². The van der Waals surface area contributed by atoms with Gasteiger partial charge in [0.15, 0.2) is 0 Å². The number of alkyl halides is 3. The number of aliphatic carboxylic acids is 1. The number of hydrogen-bond acceptors (Lipinski definition) is 5. The number of ether oxygens (including phenoxy) is 2. The van der Waals surface area contributed by atoms with Gasteiger partial charge in [-0.15, -0.1) is 0 Å². The first-order valence-corrected chi connectivity index (χ1v) is 11.2. The van der Waals surface area contributed by atoms with Crippen LogP contribution in [0.25, 0.3) is 0 Å². The second-order valence-corrected chi connectivity index (χ2v) is 8.95. The molecule has 1 amide bonds. The highest BCUT2D eigenvalue weighted by atomic mass is 19.4. The summed E-state index contributed by atoms with van der Waals surface area (Å²) in [6, 6.07) is 8.05. The molecule has 0 aromatic heterocycles. The molecule has 0 radical (unpaired) electrons. The molecule has 3 heterocycles. The molecule has 184 valence electrons. The van der Waals surface area contributed by atoms with Gasteiger partial charge in [0.25, 0.3) is 0 Å². The highest BCUT2D eigenvalue weighted by molar-refractivity contribution is 5.85. The van der Waals surface area contributed by atoms with E-state index in [1.807, 2.05) is 23.1 Å². The minimum absolute atomic E-state index is 0.135. The molecule has 0 bridgehead atoms. The van der Waals surface area contributed by atoms with Crippen molar-refractivity contribution in [2.45, 2.75) is 38.4 Å². The first-order chi connectivity index (χ1) is 15.6. The molecule has 1 aromatic carbocycles. The molecule has 3 saturated heterocycles. The summed E-state index contributed by atoms with van der Waals surface area (Å²) in [6.07, 6.45) is -0.734. The van der Waals surface area contributed by atoms with Gasteiger partial charge in [0.1, 0.15) is 5.75 Å². The maximum Gasteiger partial charge on any atom is 0.490 e. The number of rotatable bonds is 5. The van der Waals surface area contributed by atoms with Crippen LogP contribution in [-0.4, -0.2) is 79.5 Å². The zero-order valence-corrected chi connectivity index (χ0v) is 18.8. The van der Waals surface area contributed by atoms with Crippen molar-refractivity contribution >= 4 is 11.9 Å². The lowest BCUT2D eigenvalue weighted by Gasteiger charge is -2.28.